The predicted octanol–water partition coefficient (Wildman–Crippen LogP) is 3.54. The predicted molar refractivity (Wildman–Crippen MR) is 134 cm³/mol. The number of ketones is 1. The third-order valence-electron chi connectivity index (χ3n) is 6.11. The highest BCUT2D eigenvalue weighted by Gasteiger charge is 2.45. The highest BCUT2D eigenvalue weighted by atomic mass is 32.2. The van der Waals surface area contributed by atoms with Crippen LogP contribution in [0.5, 0.6) is 0 Å². The zero-order chi connectivity index (χ0) is 27.9. The number of primary amides is 1. The number of hydrogen-bond acceptors (Lipinski definition) is 6. The second kappa shape index (κ2) is 9.87. The van der Waals surface area contributed by atoms with Crippen LogP contribution in [0.25, 0.3) is 5.69 Å². The summed E-state index contributed by atoms with van der Waals surface area (Å²) in [6, 6.07) is 11.9. The minimum atomic E-state index is -4.84. The number of carbonyl (C=O) groups excluding carboxylic acids is 2. The van der Waals surface area contributed by atoms with Crippen molar-refractivity contribution in [3.63, 3.8) is 0 Å². The van der Waals surface area contributed by atoms with E-state index in [-0.39, 0.29) is 53.5 Å². The van der Waals surface area contributed by atoms with Crippen LogP contribution < -0.4 is 15.8 Å². The van der Waals surface area contributed by atoms with Crippen molar-refractivity contribution in [3.8, 4) is 5.69 Å². The molecule has 3 aromatic rings. The lowest BCUT2D eigenvalue weighted by atomic mass is 9.75. The minimum absolute atomic E-state index is 0.0341. The van der Waals surface area contributed by atoms with Gasteiger partial charge in [-0.2, -0.15) is 18.3 Å². The van der Waals surface area contributed by atoms with E-state index in [1.54, 1.807) is 32.0 Å². The number of fused-ring (bicyclic) bond motifs is 1. The van der Waals surface area contributed by atoms with Gasteiger partial charge in [0.25, 0.3) is 5.91 Å². The lowest BCUT2D eigenvalue weighted by molar-refractivity contribution is -0.141. The number of sulfonamides is 1. The zero-order valence-electron chi connectivity index (χ0n) is 20.6. The first kappa shape index (κ1) is 27.3. The monoisotopic (exact) mass is 549 g/mol. The average molecular weight is 550 g/mol. The van der Waals surface area contributed by atoms with Crippen molar-refractivity contribution >= 4 is 27.4 Å². The van der Waals surface area contributed by atoms with E-state index in [4.69, 9.17) is 5.73 Å². The van der Waals surface area contributed by atoms with E-state index in [0.717, 1.165) is 4.68 Å². The molecule has 1 heterocycles. The van der Waals surface area contributed by atoms with Crippen molar-refractivity contribution in [2.45, 2.75) is 37.8 Å². The van der Waals surface area contributed by atoms with Gasteiger partial charge < -0.3 is 11.1 Å². The van der Waals surface area contributed by atoms with Gasteiger partial charge >= 0.3 is 6.18 Å². The molecule has 0 unspecified atom stereocenters. The molecule has 4 rings (SSSR count). The first-order valence-electron chi connectivity index (χ1n) is 11.6. The standard InChI is InChI=1S/C25H26F3N5O4S/c1-24(2)13-19-21(20(34)14-24)22(25(26,27)28)32-33(19)15-8-9-17(23(29)35)18(12-15)30-10-11-31-38(36,37)16-6-4-3-5-7-16/h3-9,12,30-31H,10-11,13-14H2,1-2H3,(H2,29,35). The molecule has 202 valence electrons. The van der Waals surface area contributed by atoms with Gasteiger partial charge in [0, 0.05) is 25.2 Å². The minimum Gasteiger partial charge on any atom is -0.383 e. The first-order valence-corrected chi connectivity index (χ1v) is 13.1. The largest absolute Gasteiger partial charge is 0.435 e. The number of nitrogens with one attached hydrogen (secondary N) is 2. The number of benzene rings is 2. The average Bonchev–Trinajstić information content (AvgIpc) is 3.21. The number of amides is 1. The maximum absolute atomic E-state index is 13.8. The zero-order valence-corrected chi connectivity index (χ0v) is 21.4. The summed E-state index contributed by atoms with van der Waals surface area (Å²) in [6.07, 6.45) is -4.70. The van der Waals surface area contributed by atoms with Gasteiger partial charge in [-0.3, -0.25) is 9.59 Å². The topological polar surface area (TPSA) is 136 Å². The summed E-state index contributed by atoms with van der Waals surface area (Å²) in [4.78, 5) is 24.8. The summed E-state index contributed by atoms with van der Waals surface area (Å²) in [5, 5.41) is 6.68. The molecule has 1 amide bonds. The summed E-state index contributed by atoms with van der Waals surface area (Å²) in [7, 11) is -3.76. The van der Waals surface area contributed by atoms with Crippen LogP contribution in [0.2, 0.25) is 0 Å². The van der Waals surface area contributed by atoms with E-state index >= 15 is 0 Å². The quantitative estimate of drug-likeness (QED) is 0.368. The van der Waals surface area contributed by atoms with Gasteiger partial charge in [0.15, 0.2) is 11.5 Å². The molecular weight excluding hydrogens is 523 g/mol. The highest BCUT2D eigenvalue weighted by molar-refractivity contribution is 7.89. The lowest BCUT2D eigenvalue weighted by Crippen LogP contribution is -2.29. The Bertz CT molecular complexity index is 1500. The number of rotatable bonds is 8. The Kier molecular flexibility index (Phi) is 7.10. The lowest BCUT2D eigenvalue weighted by Gasteiger charge is -2.29. The highest BCUT2D eigenvalue weighted by Crippen LogP contribution is 2.42. The van der Waals surface area contributed by atoms with Crippen molar-refractivity contribution in [2.75, 3.05) is 18.4 Å². The number of nitrogens with two attached hydrogens (primary N) is 1. The van der Waals surface area contributed by atoms with Crippen LogP contribution in [0.4, 0.5) is 18.9 Å². The molecular formula is C25H26F3N5O4S. The van der Waals surface area contributed by atoms with E-state index in [2.05, 4.69) is 15.1 Å². The Hall–Kier alpha value is -3.71. The van der Waals surface area contributed by atoms with Gasteiger partial charge in [0.2, 0.25) is 10.0 Å². The molecule has 1 aromatic heterocycles. The van der Waals surface area contributed by atoms with Gasteiger partial charge in [-0.15, -0.1) is 0 Å². The van der Waals surface area contributed by atoms with E-state index in [1.165, 1.54) is 30.3 Å². The molecule has 1 aliphatic rings. The fourth-order valence-electron chi connectivity index (χ4n) is 4.45. The maximum atomic E-state index is 13.8. The Morgan fingerprint density at radius 3 is 2.42 bits per heavy atom. The molecule has 0 aliphatic heterocycles. The summed E-state index contributed by atoms with van der Waals surface area (Å²) in [6.45, 7) is 3.56. The molecule has 0 atom stereocenters. The van der Waals surface area contributed by atoms with Crippen molar-refractivity contribution in [1.29, 1.82) is 0 Å². The molecule has 0 bridgehead atoms. The first-order chi connectivity index (χ1) is 17.7. The van der Waals surface area contributed by atoms with Gasteiger partial charge in [-0.1, -0.05) is 32.0 Å². The molecule has 0 radical (unpaired) electrons. The summed E-state index contributed by atoms with van der Waals surface area (Å²) < 4.78 is 69.7. The maximum Gasteiger partial charge on any atom is 0.435 e. The van der Waals surface area contributed by atoms with Gasteiger partial charge in [-0.25, -0.2) is 17.8 Å². The summed E-state index contributed by atoms with van der Waals surface area (Å²) >= 11 is 0. The van der Waals surface area contributed by atoms with Crippen molar-refractivity contribution < 1.29 is 31.2 Å². The van der Waals surface area contributed by atoms with Crippen molar-refractivity contribution in [2.24, 2.45) is 11.1 Å². The number of halogens is 3. The third kappa shape index (κ3) is 5.58. The van der Waals surface area contributed by atoms with E-state index in [0.29, 0.717) is 0 Å². The number of nitrogens with zero attached hydrogens (tertiary/aromatic N) is 2. The number of aromatic nitrogens is 2. The molecule has 38 heavy (non-hydrogen) atoms. The Morgan fingerprint density at radius 1 is 1.11 bits per heavy atom. The second-order valence-electron chi connectivity index (χ2n) is 9.75. The fourth-order valence-corrected chi connectivity index (χ4v) is 5.50. The van der Waals surface area contributed by atoms with E-state index < -0.39 is 44.6 Å². The van der Waals surface area contributed by atoms with Crippen molar-refractivity contribution in [1.82, 2.24) is 14.5 Å². The molecule has 0 fully saturated rings. The normalized spacial score (nSPS) is 15.2. The molecule has 13 heteroatoms. The second-order valence-corrected chi connectivity index (χ2v) is 11.5. The SMILES string of the molecule is CC1(C)CC(=O)c2c(C(F)(F)F)nn(-c3ccc(C(N)=O)c(NCCNS(=O)(=O)c4ccccc4)c3)c2C1. The third-order valence-corrected chi connectivity index (χ3v) is 7.59. The van der Waals surface area contributed by atoms with Crippen LogP contribution in [0.1, 0.15) is 52.4 Å². The number of carbonyl (C=O) groups is 2. The summed E-state index contributed by atoms with van der Waals surface area (Å²) in [5.41, 5.74) is 3.74. The Morgan fingerprint density at radius 2 is 1.79 bits per heavy atom. The molecule has 1 aliphatic carbocycles. The smallest absolute Gasteiger partial charge is 0.383 e. The van der Waals surface area contributed by atoms with Crippen LogP contribution in [-0.2, 0) is 22.6 Å². The Balaban J connectivity index is 1.65. The number of hydrogen-bond donors (Lipinski definition) is 3. The van der Waals surface area contributed by atoms with Crippen LogP contribution in [0.15, 0.2) is 53.4 Å². The number of anilines is 1. The van der Waals surface area contributed by atoms with Gasteiger partial charge in [0.1, 0.15) is 0 Å². The van der Waals surface area contributed by atoms with Crippen LogP contribution in [-0.4, -0.2) is 43.0 Å². The van der Waals surface area contributed by atoms with Crippen molar-refractivity contribution in [3.05, 3.63) is 71.0 Å². The molecule has 0 saturated heterocycles. The van der Waals surface area contributed by atoms with E-state index in [9.17, 15) is 31.2 Å². The fraction of sp³-hybridized carbons (Fsp3) is 0.320. The van der Waals surface area contributed by atoms with Crippen LogP contribution >= 0.6 is 0 Å². The Labute approximate surface area is 217 Å². The molecule has 0 saturated carbocycles. The molecule has 0 spiro atoms. The van der Waals surface area contributed by atoms with Crippen LogP contribution in [0, 0.1) is 5.41 Å². The van der Waals surface area contributed by atoms with Crippen LogP contribution in [0.3, 0.4) is 0 Å². The molecule has 2 aromatic carbocycles. The summed E-state index contributed by atoms with van der Waals surface area (Å²) in [5.74, 6) is -1.42. The van der Waals surface area contributed by atoms with E-state index in [1.807, 2.05) is 0 Å². The van der Waals surface area contributed by atoms with Gasteiger partial charge in [0.05, 0.1) is 27.4 Å². The van der Waals surface area contributed by atoms with Gasteiger partial charge in [-0.05, 0) is 42.2 Å². The number of alkyl halides is 3. The number of Topliss-reactive ketones (excluding diaryl/α,β-unsaturated/α-hetero) is 1. The molecule has 4 N–H and O–H groups in total. The molecule has 9 nitrogen and oxygen atoms in total.